The fraction of sp³-hybridized carbons (Fsp3) is 0.360. The first kappa shape index (κ1) is 21.7. The Morgan fingerprint density at radius 3 is 2.18 bits per heavy atom. The maximum Gasteiger partial charge on any atom is 0.425 e. The molecule has 33 heavy (non-hydrogen) atoms. The summed E-state index contributed by atoms with van der Waals surface area (Å²) in [6, 6.07) is 16.5. The average Bonchev–Trinajstić information content (AvgIpc) is 3.23. The van der Waals surface area contributed by atoms with Crippen molar-refractivity contribution in [1.82, 2.24) is 14.9 Å². The highest BCUT2D eigenvalue weighted by Crippen LogP contribution is 2.55. The van der Waals surface area contributed by atoms with Crippen LogP contribution in [0.3, 0.4) is 0 Å². The number of fused-ring (bicyclic) bond motifs is 1. The molecule has 1 heterocycles. The van der Waals surface area contributed by atoms with E-state index in [-0.39, 0.29) is 24.3 Å². The van der Waals surface area contributed by atoms with E-state index in [1.54, 1.807) is 0 Å². The lowest BCUT2D eigenvalue weighted by Crippen LogP contribution is -2.48. The molecule has 0 saturated heterocycles. The second kappa shape index (κ2) is 7.73. The molecule has 172 valence electrons. The number of amides is 1. The molecular weight excluding hydrogens is 431 g/mol. The molecule has 1 aromatic heterocycles. The molecule has 8 heteroatoms. The third-order valence-corrected chi connectivity index (χ3v) is 7.06. The van der Waals surface area contributed by atoms with E-state index >= 15 is 0 Å². The van der Waals surface area contributed by atoms with Gasteiger partial charge in [-0.3, -0.25) is 4.79 Å². The van der Waals surface area contributed by atoms with Crippen molar-refractivity contribution < 1.29 is 23.1 Å². The fourth-order valence-electron chi connectivity index (χ4n) is 5.57. The highest BCUT2D eigenvalue weighted by Gasteiger charge is 2.58. The summed E-state index contributed by atoms with van der Waals surface area (Å²) in [7, 11) is 1.35. The quantitative estimate of drug-likeness (QED) is 0.612. The van der Waals surface area contributed by atoms with Crippen LogP contribution in [0.15, 0.2) is 60.9 Å². The van der Waals surface area contributed by atoms with Crippen LogP contribution in [-0.4, -0.2) is 33.3 Å². The van der Waals surface area contributed by atoms with Crippen LogP contribution < -0.4 is 5.32 Å². The van der Waals surface area contributed by atoms with Gasteiger partial charge in [0.1, 0.15) is 0 Å². The first-order valence-electron chi connectivity index (χ1n) is 10.9. The number of aromatic nitrogens is 2. The summed E-state index contributed by atoms with van der Waals surface area (Å²) in [6.45, 7) is 0.233. The smallest absolute Gasteiger partial charge is 0.374 e. The van der Waals surface area contributed by atoms with Crippen LogP contribution >= 0.6 is 0 Å². The van der Waals surface area contributed by atoms with Crippen LogP contribution in [0.2, 0.25) is 0 Å². The minimum atomic E-state index is -5.05. The van der Waals surface area contributed by atoms with Crippen LogP contribution in [0.1, 0.15) is 52.8 Å². The van der Waals surface area contributed by atoms with Gasteiger partial charge < -0.3 is 15.0 Å². The van der Waals surface area contributed by atoms with E-state index < -0.39 is 29.9 Å². The molecule has 3 aliphatic rings. The van der Waals surface area contributed by atoms with Gasteiger partial charge in [-0.1, -0.05) is 48.5 Å². The van der Waals surface area contributed by atoms with Crippen molar-refractivity contribution in [3.8, 4) is 0 Å². The zero-order chi connectivity index (χ0) is 23.4. The predicted octanol–water partition coefficient (Wildman–Crippen LogP) is 3.97. The molecule has 0 saturated carbocycles. The molecule has 0 radical (unpaired) electrons. The SMILES string of the molecule is Cn1ccnc1C(O)(CC(=O)NCC1CC2c3ccccc3C1c1ccccc12)C(F)(F)F. The average molecular weight is 455 g/mol. The van der Waals surface area contributed by atoms with E-state index in [0.29, 0.717) is 0 Å². The molecule has 2 atom stereocenters. The largest absolute Gasteiger partial charge is 0.425 e. The van der Waals surface area contributed by atoms with Crippen molar-refractivity contribution in [2.24, 2.45) is 13.0 Å². The van der Waals surface area contributed by atoms with Crippen LogP contribution in [0, 0.1) is 5.92 Å². The van der Waals surface area contributed by atoms with Crippen molar-refractivity contribution in [1.29, 1.82) is 0 Å². The zero-order valence-corrected chi connectivity index (χ0v) is 18.0. The number of carbonyl (C=O) groups is 1. The normalized spacial score (nSPS) is 22.9. The minimum Gasteiger partial charge on any atom is -0.374 e. The van der Waals surface area contributed by atoms with E-state index in [0.717, 1.165) is 17.2 Å². The van der Waals surface area contributed by atoms with Crippen LogP contribution in [0.4, 0.5) is 13.2 Å². The number of aryl methyl sites for hydroxylation is 1. The van der Waals surface area contributed by atoms with Crippen LogP contribution in [0.5, 0.6) is 0 Å². The number of alkyl halides is 3. The standard InChI is InChI=1S/C25H24F3N3O2/c1-31-11-10-29-23(31)24(33,25(26,27)28)13-21(32)30-14-15-12-20-16-6-2-4-8-18(16)22(15)19-9-5-3-7-17(19)20/h2-11,15,20,22,33H,12-14H2,1H3,(H,30,32). The fourth-order valence-corrected chi connectivity index (χ4v) is 5.57. The van der Waals surface area contributed by atoms with Crippen LogP contribution in [-0.2, 0) is 17.4 Å². The molecule has 1 amide bonds. The molecule has 2 unspecified atom stereocenters. The second-order valence-electron chi connectivity index (χ2n) is 8.98. The van der Waals surface area contributed by atoms with Gasteiger partial charge in [-0.2, -0.15) is 13.2 Å². The van der Waals surface area contributed by atoms with Gasteiger partial charge in [0.15, 0.2) is 5.82 Å². The Balaban J connectivity index is 1.36. The third-order valence-electron chi connectivity index (χ3n) is 7.06. The summed E-state index contributed by atoms with van der Waals surface area (Å²) in [5.41, 5.74) is 1.63. The van der Waals surface area contributed by atoms with Gasteiger partial charge >= 0.3 is 6.18 Å². The first-order valence-corrected chi connectivity index (χ1v) is 10.9. The van der Waals surface area contributed by atoms with Crippen molar-refractivity contribution in [3.05, 3.63) is 89.0 Å². The number of rotatable bonds is 5. The van der Waals surface area contributed by atoms with Gasteiger partial charge in [0.05, 0.1) is 6.42 Å². The maximum atomic E-state index is 13.8. The van der Waals surface area contributed by atoms with E-state index in [2.05, 4.69) is 34.6 Å². The van der Waals surface area contributed by atoms with E-state index in [4.69, 9.17) is 0 Å². The van der Waals surface area contributed by atoms with Gasteiger partial charge in [-0.15, -0.1) is 0 Å². The lowest BCUT2D eigenvalue weighted by molar-refractivity contribution is -0.271. The summed E-state index contributed by atoms with van der Waals surface area (Å²) >= 11 is 0. The summed E-state index contributed by atoms with van der Waals surface area (Å²) in [6.07, 6.45) is -2.92. The summed E-state index contributed by atoms with van der Waals surface area (Å²) < 4.78 is 42.4. The Labute approximate surface area is 189 Å². The Morgan fingerprint density at radius 1 is 1.09 bits per heavy atom. The number of carbonyl (C=O) groups excluding carboxylic acids is 1. The summed E-state index contributed by atoms with van der Waals surface area (Å²) in [4.78, 5) is 16.3. The van der Waals surface area contributed by atoms with Crippen molar-refractivity contribution >= 4 is 5.91 Å². The van der Waals surface area contributed by atoms with Gasteiger partial charge in [-0.25, -0.2) is 4.98 Å². The lowest BCUT2D eigenvalue weighted by atomic mass is 9.59. The van der Waals surface area contributed by atoms with Gasteiger partial charge in [0.2, 0.25) is 11.5 Å². The molecule has 0 fully saturated rings. The molecule has 3 aliphatic carbocycles. The second-order valence-corrected chi connectivity index (χ2v) is 8.98. The highest BCUT2D eigenvalue weighted by molar-refractivity contribution is 5.77. The monoisotopic (exact) mass is 455 g/mol. The molecule has 2 N–H and O–H groups in total. The van der Waals surface area contributed by atoms with Crippen LogP contribution in [0.25, 0.3) is 0 Å². The first-order chi connectivity index (χ1) is 15.7. The van der Waals surface area contributed by atoms with Crippen molar-refractivity contribution in [2.75, 3.05) is 6.54 Å². The van der Waals surface area contributed by atoms with Gasteiger partial charge in [0, 0.05) is 37.8 Å². The maximum absolute atomic E-state index is 13.8. The number of aliphatic hydroxyl groups is 1. The van der Waals surface area contributed by atoms with Gasteiger partial charge in [-0.05, 0) is 34.6 Å². The Hall–Kier alpha value is -3.13. The number of nitrogens with one attached hydrogen (secondary N) is 1. The topological polar surface area (TPSA) is 67.1 Å². The zero-order valence-electron chi connectivity index (χ0n) is 18.0. The number of hydrogen-bond donors (Lipinski definition) is 2. The Kier molecular flexibility index (Phi) is 5.08. The van der Waals surface area contributed by atoms with Crippen molar-refractivity contribution in [2.45, 2.75) is 36.5 Å². The third kappa shape index (κ3) is 3.44. The van der Waals surface area contributed by atoms with E-state index in [9.17, 15) is 23.1 Å². The molecular formula is C25H24F3N3O2. The molecule has 2 aromatic carbocycles. The Morgan fingerprint density at radius 2 is 1.67 bits per heavy atom. The number of benzene rings is 2. The van der Waals surface area contributed by atoms with E-state index in [1.165, 1.54) is 35.5 Å². The molecule has 3 aromatic rings. The molecule has 6 rings (SSSR count). The molecule has 0 aliphatic heterocycles. The lowest BCUT2D eigenvalue weighted by Gasteiger charge is -2.45. The number of hydrogen-bond acceptors (Lipinski definition) is 3. The summed E-state index contributed by atoms with van der Waals surface area (Å²) in [5, 5.41) is 13.2. The van der Waals surface area contributed by atoms with Crippen molar-refractivity contribution in [3.63, 3.8) is 0 Å². The minimum absolute atomic E-state index is 0.0518. The molecule has 2 bridgehead atoms. The number of imidazole rings is 1. The number of nitrogens with zero attached hydrogens (tertiary/aromatic N) is 2. The molecule has 5 nitrogen and oxygen atoms in total. The van der Waals surface area contributed by atoms with E-state index in [1.807, 2.05) is 24.3 Å². The Bertz CT molecular complexity index is 1160. The summed E-state index contributed by atoms with van der Waals surface area (Å²) in [5.74, 6) is -1.15. The number of halogens is 3. The van der Waals surface area contributed by atoms with Gasteiger partial charge in [0.25, 0.3) is 0 Å². The highest BCUT2D eigenvalue weighted by atomic mass is 19.4. The molecule has 0 spiro atoms. The predicted molar refractivity (Wildman–Crippen MR) is 115 cm³/mol.